The Kier molecular flexibility index (Phi) is 3.19. The van der Waals surface area contributed by atoms with Crippen LogP contribution in [-0.4, -0.2) is 25.1 Å². The zero-order chi connectivity index (χ0) is 12.4. The molecule has 1 aliphatic heterocycles. The Morgan fingerprint density at radius 2 is 2.29 bits per heavy atom. The second kappa shape index (κ2) is 4.63. The van der Waals surface area contributed by atoms with Crippen LogP contribution in [0.15, 0.2) is 18.2 Å². The molecule has 1 aliphatic rings. The van der Waals surface area contributed by atoms with Gasteiger partial charge in [0, 0.05) is 11.7 Å². The van der Waals surface area contributed by atoms with Gasteiger partial charge in [-0.15, -0.1) is 0 Å². The predicted octanol–water partition coefficient (Wildman–Crippen LogP) is 0.731. The summed E-state index contributed by atoms with van der Waals surface area (Å²) in [5.74, 6) is 0.645. The molecule has 5 heteroatoms. The number of hydrogen-bond donors (Lipinski definition) is 2. The highest BCUT2D eigenvalue weighted by Gasteiger charge is 2.29. The smallest absolute Gasteiger partial charge is 0.265 e. The molecule has 0 bridgehead atoms. The molecule has 1 amide bonds. The highest BCUT2D eigenvalue weighted by Crippen LogP contribution is 2.35. The van der Waals surface area contributed by atoms with E-state index in [2.05, 4.69) is 0 Å². The van der Waals surface area contributed by atoms with E-state index in [1.807, 2.05) is 6.92 Å². The molecule has 1 aromatic rings. The Balaban J connectivity index is 2.38. The summed E-state index contributed by atoms with van der Waals surface area (Å²) in [6.45, 7) is 2.60. The average Bonchev–Trinajstić information content (AvgIpc) is 2.28. The van der Waals surface area contributed by atoms with Crippen molar-refractivity contribution in [2.24, 2.45) is 5.73 Å². The largest absolute Gasteiger partial charge is 0.482 e. The molecule has 1 aromatic carbocycles. The molecule has 0 saturated carbocycles. The third kappa shape index (κ3) is 2.19. The molecule has 1 unspecified atom stereocenters. The minimum absolute atomic E-state index is 0.0518. The van der Waals surface area contributed by atoms with Crippen LogP contribution in [0.25, 0.3) is 0 Å². The lowest BCUT2D eigenvalue weighted by Crippen LogP contribution is -2.45. The number of benzene rings is 1. The first-order valence-corrected chi connectivity index (χ1v) is 5.68. The normalized spacial score (nSPS) is 16.4. The number of carbonyl (C=O) groups excluding carboxylic acids is 1. The molecule has 0 aromatic heterocycles. The summed E-state index contributed by atoms with van der Waals surface area (Å²) in [5, 5.41) is 0. The van der Waals surface area contributed by atoms with Gasteiger partial charge in [-0.05, 0) is 38.1 Å². The van der Waals surface area contributed by atoms with Crippen molar-refractivity contribution in [2.75, 3.05) is 23.8 Å². The maximum Gasteiger partial charge on any atom is 0.265 e. The maximum atomic E-state index is 11.9. The molecule has 0 spiro atoms. The Hall–Kier alpha value is -1.75. The van der Waals surface area contributed by atoms with Crippen molar-refractivity contribution >= 4 is 17.3 Å². The van der Waals surface area contributed by atoms with E-state index in [1.54, 1.807) is 23.1 Å². The van der Waals surface area contributed by atoms with E-state index >= 15 is 0 Å². The third-order valence-corrected chi connectivity index (χ3v) is 2.89. The summed E-state index contributed by atoms with van der Waals surface area (Å²) < 4.78 is 5.37. The number of nitrogens with two attached hydrogens (primary N) is 2. The molecule has 0 fully saturated rings. The van der Waals surface area contributed by atoms with Crippen molar-refractivity contribution in [3.63, 3.8) is 0 Å². The molecule has 1 atom stereocenters. The first-order valence-electron chi connectivity index (χ1n) is 5.68. The van der Waals surface area contributed by atoms with Crippen molar-refractivity contribution in [2.45, 2.75) is 19.4 Å². The van der Waals surface area contributed by atoms with Crippen LogP contribution in [0.4, 0.5) is 11.4 Å². The molecule has 4 N–H and O–H groups in total. The van der Waals surface area contributed by atoms with Gasteiger partial charge in [-0.1, -0.05) is 0 Å². The summed E-state index contributed by atoms with van der Waals surface area (Å²) in [6, 6.07) is 5.37. The number of fused-ring (bicyclic) bond motifs is 1. The van der Waals surface area contributed by atoms with Gasteiger partial charge < -0.3 is 21.1 Å². The van der Waals surface area contributed by atoms with Gasteiger partial charge in [-0.3, -0.25) is 4.79 Å². The van der Waals surface area contributed by atoms with Crippen molar-refractivity contribution in [1.82, 2.24) is 0 Å². The summed E-state index contributed by atoms with van der Waals surface area (Å²) in [6.07, 6.45) is 0.750. The van der Waals surface area contributed by atoms with Gasteiger partial charge in [-0.2, -0.15) is 0 Å². The van der Waals surface area contributed by atoms with E-state index in [-0.39, 0.29) is 18.6 Å². The predicted molar refractivity (Wildman–Crippen MR) is 67.0 cm³/mol. The quantitative estimate of drug-likeness (QED) is 0.757. The van der Waals surface area contributed by atoms with E-state index in [9.17, 15) is 4.79 Å². The van der Waals surface area contributed by atoms with Gasteiger partial charge in [0.1, 0.15) is 5.75 Å². The van der Waals surface area contributed by atoms with Gasteiger partial charge in [0.25, 0.3) is 5.91 Å². The molecule has 17 heavy (non-hydrogen) atoms. The molecule has 0 aliphatic carbocycles. The molecule has 92 valence electrons. The summed E-state index contributed by atoms with van der Waals surface area (Å²) in [7, 11) is 0. The lowest BCUT2D eigenvalue weighted by Gasteiger charge is -2.34. The number of carbonyl (C=O) groups is 1. The SMILES string of the molecule is CC(CCN)N1C(=O)COc2ccc(N)cc21. The monoisotopic (exact) mass is 235 g/mol. The van der Waals surface area contributed by atoms with Gasteiger partial charge >= 0.3 is 0 Å². The molecule has 2 rings (SSSR count). The van der Waals surface area contributed by atoms with Crippen LogP contribution >= 0.6 is 0 Å². The number of nitrogens with zero attached hydrogens (tertiary/aromatic N) is 1. The fourth-order valence-electron chi connectivity index (χ4n) is 2.04. The average molecular weight is 235 g/mol. The molecule has 1 heterocycles. The van der Waals surface area contributed by atoms with E-state index in [0.29, 0.717) is 18.0 Å². The zero-order valence-electron chi connectivity index (χ0n) is 9.85. The number of amides is 1. The Labute approximate surface area is 100 Å². The number of rotatable bonds is 3. The molecule has 5 nitrogen and oxygen atoms in total. The van der Waals surface area contributed by atoms with E-state index in [1.165, 1.54) is 0 Å². The fourth-order valence-corrected chi connectivity index (χ4v) is 2.04. The Bertz CT molecular complexity index is 434. The van der Waals surface area contributed by atoms with Gasteiger partial charge in [0.2, 0.25) is 0 Å². The van der Waals surface area contributed by atoms with E-state index < -0.39 is 0 Å². The van der Waals surface area contributed by atoms with Crippen LogP contribution in [0.1, 0.15) is 13.3 Å². The summed E-state index contributed by atoms with van der Waals surface area (Å²) in [5.41, 5.74) is 12.6. The van der Waals surface area contributed by atoms with Crippen molar-refractivity contribution in [1.29, 1.82) is 0 Å². The highest BCUT2D eigenvalue weighted by atomic mass is 16.5. The van der Waals surface area contributed by atoms with Crippen LogP contribution in [0.5, 0.6) is 5.75 Å². The first kappa shape index (κ1) is 11.7. The topological polar surface area (TPSA) is 81.6 Å². The minimum atomic E-state index is -0.0518. The van der Waals surface area contributed by atoms with Crippen LogP contribution in [0.2, 0.25) is 0 Å². The molecular weight excluding hydrogens is 218 g/mol. The second-order valence-corrected chi connectivity index (χ2v) is 4.21. The van der Waals surface area contributed by atoms with Crippen molar-refractivity contribution in [3.8, 4) is 5.75 Å². The van der Waals surface area contributed by atoms with Crippen molar-refractivity contribution in [3.05, 3.63) is 18.2 Å². The Morgan fingerprint density at radius 3 is 3.00 bits per heavy atom. The molecule has 0 radical (unpaired) electrons. The number of anilines is 2. The van der Waals surface area contributed by atoms with Crippen LogP contribution in [-0.2, 0) is 4.79 Å². The number of nitrogen functional groups attached to an aromatic ring is 1. The van der Waals surface area contributed by atoms with Gasteiger partial charge in [0.15, 0.2) is 6.61 Å². The van der Waals surface area contributed by atoms with Crippen LogP contribution in [0.3, 0.4) is 0 Å². The second-order valence-electron chi connectivity index (χ2n) is 4.21. The first-order chi connectivity index (χ1) is 8.13. The standard InChI is InChI=1S/C12H17N3O2/c1-8(4-5-13)15-10-6-9(14)2-3-11(10)17-7-12(15)16/h2-3,6,8H,4-5,7,13-14H2,1H3. The summed E-state index contributed by atoms with van der Waals surface area (Å²) >= 11 is 0. The van der Waals surface area contributed by atoms with Crippen molar-refractivity contribution < 1.29 is 9.53 Å². The zero-order valence-corrected chi connectivity index (χ0v) is 9.85. The third-order valence-electron chi connectivity index (χ3n) is 2.89. The van der Waals surface area contributed by atoms with Gasteiger partial charge in [-0.25, -0.2) is 0 Å². The van der Waals surface area contributed by atoms with E-state index in [4.69, 9.17) is 16.2 Å². The van der Waals surface area contributed by atoms with Crippen LogP contribution in [0, 0.1) is 0 Å². The Morgan fingerprint density at radius 1 is 1.53 bits per heavy atom. The molecule has 0 saturated heterocycles. The van der Waals surface area contributed by atoms with E-state index in [0.717, 1.165) is 12.1 Å². The lowest BCUT2D eigenvalue weighted by molar-refractivity contribution is -0.121. The van der Waals surface area contributed by atoms with Gasteiger partial charge in [0.05, 0.1) is 5.69 Å². The summed E-state index contributed by atoms with van der Waals surface area (Å²) in [4.78, 5) is 13.6. The number of hydrogen-bond acceptors (Lipinski definition) is 4. The highest BCUT2D eigenvalue weighted by molar-refractivity contribution is 5.98. The molecular formula is C12H17N3O2. The number of ether oxygens (including phenoxy) is 1. The van der Waals surface area contributed by atoms with Crippen LogP contribution < -0.4 is 21.1 Å². The minimum Gasteiger partial charge on any atom is -0.482 e. The fraction of sp³-hybridized carbons (Fsp3) is 0.417. The maximum absolute atomic E-state index is 11.9. The lowest BCUT2D eigenvalue weighted by atomic mass is 10.1.